The molecule has 0 saturated heterocycles. The van der Waals surface area contributed by atoms with Crippen LogP contribution in [0.15, 0.2) is 24.3 Å². The van der Waals surface area contributed by atoms with Crippen molar-refractivity contribution in [1.82, 2.24) is 4.90 Å². The molecule has 1 atom stereocenters. The molecule has 1 N–H and O–H groups in total. The zero-order chi connectivity index (χ0) is 14.3. The number of aryl methyl sites for hydroxylation is 1. The number of aliphatic carboxylic acids is 1. The van der Waals surface area contributed by atoms with E-state index in [0.29, 0.717) is 13.2 Å². The van der Waals surface area contributed by atoms with Crippen molar-refractivity contribution < 1.29 is 14.6 Å². The van der Waals surface area contributed by atoms with Crippen molar-refractivity contribution in [3.63, 3.8) is 0 Å². The molecule has 0 bridgehead atoms. The van der Waals surface area contributed by atoms with E-state index in [1.165, 1.54) is 5.56 Å². The number of carbonyl (C=O) groups is 1. The van der Waals surface area contributed by atoms with E-state index in [1.807, 2.05) is 38.1 Å². The highest BCUT2D eigenvalue weighted by Crippen LogP contribution is 2.12. The molecule has 4 nitrogen and oxygen atoms in total. The van der Waals surface area contributed by atoms with Crippen LogP contribution in [-0.2, 0) is 4.79 Å². The van der Waals surface area contributed by atoms with Gasteiger partial charge in [0.1, 0.15) is 12.4 Å². The molecular weight excluding hydrogens is 242 g/mol. The van der Waals surface area contributed by atoms with E-state index in [-0.39, 0.29) is 5.92 Å². The quantitative estimate of drug-likeness (QED) is 0.784. The van der Waals surface area contributed by atoms with E-state index in [4.69, 9.17) is 9.84 Å². The maximum Gasteiger partial charge on any atom is 0.307 e. The molecule has 1 aromatic carbocycles. The molecule has 0 radical (unpaired) electrons. The van der Waals surface area contributed by atoms with Crippen molar-refractivity contribution in [2.45, 2.75) is 20.8 Å². The Kier molecular flexibility index (Phi) is 6.36. The van der Waals surface area contributed by atoms with Crippen molar-refractivity contribution in [1.29, 1.82) is 0 Å². The largest absolute Gasteiger partial charge is 0.492 e. The van der Waals surface area contributed by atoms with Crippen LogP contribution in [0.1, 0.15) is 19.4 Å². The van der Waals surface area contributed by atoms with Gasteiger partial charge in [0.25, 0.3) is 0 Å². The number of ether oxygens (including phenoxy) is 1. The second-order valence-electron chi connectivity index (χ2n) is 4.80. The first kappa shape index (κ1) is 15.5. The fourth-order valence-corrected chi connectivity index (χ4v) is 1.84. The number of likely N-dealkylation sites (N-methyl/N-ethyl adjacent to an activating group) is 1. The van der Waals surface area contributed by atoms with E-state index >= 15 is 0 Å². The third kappa shape index (κ3) is 5.75. The van der Waals surface area contributed by atoms with Crippen LogP contribution < -0.4 is 4.74 Å². The minimum atomic E-state index is -0.752. The maximum atomic E-state index is 10.8. The van der Waals surface area contributed by atoms with Crippen LogP contribution in [0.5, 0.6) is 5.75 Å². The van der Waals surface area contributed by atoms with Crippen LogP contribution in [0.2, 0.25) is 0 Å². The van der Waals surface area contributed by atoms with Gasteiger partial charge in [0.05, 0.1) is 5.92 Å². The summed E-state index contributed by atoms with van der Waals surface area (Å²) in [6, 6.07) is 7.92. The van der Waals surface area contributed by atoms with Gasteiger partial charge < -0.3 is 9.84 Å². The Morgan fingerprint density at radius 1 is 1.47 bits per heavy atom. The second-order valence-corrected chi connectivity index (χ2v) is 4.80. The third-order valence-corrected chi connectivity index (χ3v) is 3.07. The van der Waals surface area contributed by atoms with Gasteiger partial charge in [-0.3, -0.25) is 9.69 Å². The lowest BCUT2D eigenvalue weighted by molar-refractivity contribution is -0.141. The predicted molar refractivity (Wildman–Crippen MR) is 75.6 cm³/mol. The number of rotatable bonds is 8. The van der Waals surface area contributed by atoms with Crippen molar-refractivity contribution in [2.75, 3.05) is 26.2 Å². The molecule has 0 aliphatic heterocycles. The Hall–Kier alpha value is -1.55. The Morgan fingerprint density at radius 2 is 2.21 bits per heavy atom. The van der Waals surface area contributed by atoms with Crippen LogP contribution >= 0.6 is 0 Å². The maximum absolute atomic E-state index is 10.8. The highest BCUT2D eigenvalue weighted by Gasteiger charge is 2.14. The van der Waals surface area contributed by atoms with Gasteiger partial charge in [0, 0.05) is 13.1 Å². The molecule has 19 heavy (non-hydrogen) atoms. The molecular formula is C15H23NO3. The topological polar surface area (TPSA) is 49.8 Å². The van der Waals surface area contributed by atoms with Crippen LogP contribution in [0, 0.1) is 12.8 Å². The molecule has 1 aromatic rings. The lowest BCUT2D eigenvalue weighted by Crippen LogP contribution is -2.34. The Morgan fingerprint density at radius 3 is 2.79 bits per heavy atom. The zero-order valence-electron chi connectivity index (χ0n) is 11.9. The third-order valence-electron chi connectivity index (χ3n) is 3.07. The molecule has 0 saturated carbocycles. The normalized spacial score (nSPS) is 12.4. The summed E-state index contributed by atoms with van der Waals surface area (Å²) < 4.78 is 5.67. The van der Waals surface area contributed by atoms with E-state index in [1.54, 1.807) is 6.92 Å². The summed E-state index contributed by atoms with van der Waals surface area (Å²) in [4.78, 5) is 12.9. The number of carboxylic acid groups (broad SMARTS) is 1. The van der Waals surface area contributed by atoms with Gasteiger partial charge in [-0.05, 0) is 31.2 Å². The molecule has 0 amide bonds. The number of carboxylic acids is 1. The predicted octanol–water partition coefficient (Wildman–Crippen LogP) is 2.42. The van der Waals surface area contributed by atoms with E-state index in [0.717, 1.165) is 18.8 Å². The van der Waals surface area contributed by atoms with Crippen LogP contribution in [0.25, 0.3) is 0 Å². The van der Waals surface area contributed by atoms with E-state index < -0.39 is 5.97 Å². The SMILES string of the molecule is CCN(CCOc1cccc(C)c1)CC(C)C(=O)O. The first-order valence-corrected chi connectivity index (χ1v) is 6.67. The van der Waals surface area contributed by atoms with E-state index in [2.05, 4.69) is 4.90 Å². The lowest BCUT2D eigenvalue weighted by atomic mass is 10.2. The number of benzene rings is 1. The zero-order valence-corrected chi connectivity index (χ0v) is 11.9. The average Bonchev–Trinajstić information content (AvgIpc) is 2.37. The smallest absolute Gasteiger partial charge is 0.307 e. The fourth-order valence-electron chi connectivity index (χ4n) is 1.84. The van der Waals surface area contributed by atoms with Gasteiger partial charge >= 0.3 is 5.97 Å². The summed E-state index contributed by atoms with van der Waals surface area (Å²) in [5.74, 6) is -0.237. The molecule has 1 rings (SSSR count). The molecule has 0 aliphatic rings. The number of hydrogen-bond donors (Lipinski definition) is 1. The average molecular weight is 265 g/mol. The highest BCUT2D eigenvalue weighted by molar-refractivity contribution is 5.69. The van der Waals surface area contributed by atoms with Gasteiger partial charge in [-0.15, -0.1) is 0 Å². The Labute approximate surface area is 115 Å². The summed E-state index contributed by atoms with van der Waals surface area (Å²) in [5.41, 5.74) is 1.17. The van der Waals surface area contributed by atoms with Crippen LogP contribution in [0.4, 0.5) is 0 Å². The fraction of sp³-hybridized carbons (Fsp3) is 0.533. The van der Waals surface area contributed by atoms with Gasteiger partial charge in [-0.25, -0.2) is 0 Å². The summed E-state index contributed by atoms with van der Waals surface area (Å²) in [6.07, 6.45) is 0. The van der Waals surface area contributed by atoms with Gasteiger partial charge in [0.2, 0.25) is 0 Å². The molecule has 1 unspecified atom stereocenters. The van der Waals surface area contributed by atoms with Gasteiger partial charge in [-0.2, -0.15) is 0 Å². The number of nitrogens with zero attached hydrogens (tertiary/aromatic N) is 1. The molecule has 4 heteroatoms. The summed E-state index contributed by atoms with van der Waals surface area (Å²) in [5, 5.41) is 8.90. The van der Waals surface area contributed by atoms with E-state index in [9.17, 15) is 4.79 Å². The van der Waals surface area contributed by atoms with Gasteiger partial charge in [-0.1, -0.05) is 26.0 Å². The van der Waals surface area contributed by atoms with Crippen LogP contribution in [0.3, 0.4) is 0 Å². The lowest BCUT2D eigenvalue weighted by Gasteiger charge is -2.22. The minimum Gasteiger partial charge on any atom is -0.492 e. The first-order valence-electron chi connectivity index (χ1n) is 6.67. The molecule has 0 aliphatic carbocycles. The Balaban J connectivity index is 2.35. The molecule has 0 fully saturated rings. The summed E-state index contributed by atoms with van der Waals surface area (Å²) in [7, 11) is 0. The summed E-state index contributed by atoms with van der Waals surface area (Å²) >= 11 is 0. The first-order chi connectivity index (χ1) is 9.02. The molecule has 0 aromatic heterocycles. The minimum absolute atomic E-state index is 0.348. The van der Waals surface area contributed by atoms with Crippen molar-refractivity contribution in [2.24, 2.45) is 5.92 Å². The monoisotopic (exact) mass is 265 g/mol. The van der Waals surface area contributed by atoms with Crippen molar-refractivity contribution >= 4 is 5.97 Å². The molecule has 106 valence electrons. The second kappa shape index (κ2) is 7.79. The highest BCUT2D eigenvalue weighted by atomic mass is 16.5. The Bertz CT molecular complexity index is 406. The van der Waals surface area contributed by atoms with Crippen molar-refractivity contribution in [3.8, 4) is 5.75 Å². The van der Waals surface area contributed by atoms with Gasteiger partial charge in [0.15, 0.2) is 0 Å². The summed E-state index contributed by atoms with van der Waals surface area (Å²) in [6.45, 7) is 8.48. The van der Waals surface area contributed by atoms with Crippen LogP contribution in [-0.4, -0.2) is 42.2 Å². The molecule has 0 spiro atoms. The number of hydrogen-bond acceptors (Lipinski definition) is 3. The molecule has 0 heterocycles. The standard InChI is InChI=1S/C15H23NO3/c1-4-16(11-13(3)15(17)18)8-9-19-14-7-5-6-12(2)10-14/h5-7,10,13H,4,8-9,11H2,1-3H3,(H,17,18). The van der Waals surface area contributed by atoms with Crippen molar-refractivity contribution in [3.05, 3.63) is 29.8 Å².